The van der Waals surface area contributed by atoms with E-state index < -0.39 is 0 Å². The topological polar surface area (TPSA) is 115 Å². The van der Waals surface area contributed by atoms with Gasteiger partial charge in [0.05, 0.1) is 34.6 Å². The Bertz CT molecular complexity index is 851. The molecule has 0 bridgehead atoms. The van der Waals surface area contributed by atoms with E-state index in [0.29, 0.717) is 22.3 Å². The minimum absolute atomic E-state index is 0.0840. The second-order valence-electron chi connectivity index (χ2n) is 4.85. The molecule has 8 heteroatoms. The van der Waals surface area contributed by atoms with Gasteiger partial charge in [-0.2, -0.15) is 0 Å². The van der Waals surface area contributed by atoms with Crippen LogP contribution in [0.15, 0.2) is 29.6 Å². The van der Waals surface area contributed by atoms with E-state index in [2.05, 4.69) is 25.5 Å². The van der Waals surface area contributed by atoms with E-state index in [4.69, 9.17) is 5.73 Å². The highest BCUT2D eigenvalue weighted by molar-refractivity contribution is 5.88. The number of hydrogen-bond acceptors (Lipinski definition) is 6. The number of nitrogen functional groups attached to an aromatic ring is 1. The first kappa shape index (κ1) is 13.1. The summed E-state index contributed by atoms with van der Waals surface area (Å²) in [5.41, 5.74) is 7.57. The van der Waals surface area contributed by atoms with E-state index in [1.54, 1.807) is 18.5 Å². The number of aromatic nitrogens is 5. The summed E-state index contributed by atoms with van der Waals surface area (Å²) in [6.07, 6.45) is 3.01. The molecule has 0 saturated heterocycles. The molecule has 4 N–H and O–H groups in total. The molecule has 0 aliphatic heterocycles. The van der Waals surface area contributed by atoms with Crippen LogP contribution in [-0.2, 0) is 7.05 Å². The van der Waals surface area contributed by atoms with Crippen molar-refractivity contribution in [1.29, 1.82) is 0 Å². The molecular weight excluding hydrogens is 270 g/mol. The Kier molecular flexibility index (Phi) is 3.05. The van der Waals surface area contributed by atoms with Crippen molar-refractivity contribution in [3.05, 3.63) is 41.0 Å². The van der Waals surface area contributed by atoms with E-state index in [9.17, 15) is 4.79 Å². The van der Waals surface area contributed by atoms with Crippen molar-refractivity contribution >= 4 is 22.3 Å². The van der Waals surface area contributed by atoms with Crippen molar-refractivity contribution in [1.82, 2.24) is 24.7 Å². The Hall–Kier alpha value is -2.90. The Morgan fingerprint density at radius 3 is 2.95 bits per heavy atom. The van der Waals surface area contributed by atoms with Crippen LogP contribution in [0.25, 0.3) is 10.9 Å². The van der Waals surface area contributed by atoms with Crippen molar-refractivity contribution in [3.8, 4) is 0 Å². The van der Waals surface area contributed by atoms with Gasteiger partial charge in [-0.25, -0.2) is 4.98 Å². The Labute approximate surface area is 120 Å². The number of nitrogens with zero attached hydrogens (tertiary/aromatic N) is 4. The smallest absolute Gasteiger partial charge is 0.258 e. The molecule has 0 saturated carbocycles. The van der Waals surface area contributed by atoms with Crippen LogP contribution in [0.5, 0.6) is 0 Å². The van der Waals surface area contributed by atoms with Crippen LogP contribution in [0.2, 0.25) is 0 Å². The Morgan fingerprint density at radius 2 is 2.24 bits per heavy atom. The molecule has 21 heavy (non-hydrogen) atoms. The van der Waals surface area contributed by atoms with Gasteiger partial charge in [-0.15, -0.1) is 10.2 Å². The van der Waals surface area contributed by atoms with E-state index in [-0.39, 0.29) is 11.6 Å². The zero-order valence-electron chi connectivity index (χ0n) is 11.7. The molecule has 108 valence electrons. The van der Waals surface area contributed by atoms with Gasteiger partial charge < -0.3 is 20.6 Å². The van der Waals surface area contributed by atoms with E-state index in [0.717, 1.165) is 5.82 Å². The quantitative estimate of drug-likeness (QED) is 0.613. The minimum Gasteiger partial charge on any atom is -0.397 e. The highest BCUT2D eigenvalue weighted by Gasteiger charge is 2.13. The number of fused-ring (bicyclic) bond motifs is 1. The van der Waals surface area contributed by atoms with Gasteiger partial charge >= 0.3 is 0 Å². The summed E-state index contributed by atoms with van der Waals surface area (Å²) in [6, 6.07) is 3.29. The van der Waals surface area contributed by atoms with Gasteiger partial charge in [0.15, 0.2) is 5.82 Å². The molecule has 0 amide bonds. The summed E-state index contributed by atoms with van der Waals surface area (Å²) in [4.78, 5) is 18.4. The maximum atomic E-state index is 11.7. The molecule has 2 heterocycles. The summed E-state index contributed by atoms with van der Waals surface area (Å²) in [5, 5.41) is 11.6. The number of aromatic amines is 1. The molecule has 0 fully saturated rings. The number of H-pyrrole nitrogens is 1. The number of anilines is 2. The first-order valence-electron chi connectivity index (χ1n) is 6.43. The van der Waals surface area contributed by atoms with Crippen LogP contribution in [0.1, 0.15) is 18.8 Å². The Morgan fingerprint density at radius 1 is 1.43 bits per heavy atom. The average Bonchev–Trinajstić information content (AvgIpc) is 2.87. The lowest BCUT2D eigenvalue weighted by Gasteiger charge is -2.16. The van der Waals surface area contributed by atoms with Gasteiger partial charge in [-0.05, 0) is 19.1 Å². The number of hydrogen-bond donors (Lipinski definition) is 3. The normalized spacial score (nSPS) is 12.5. The van der Waals surface area contributed by atoms with Crippen molar-refractivity contribution in [3.63, 3.8) is 0 Å². The lowest BCUT2D eigenvalue weighted by atomic mass is 10.1. The van der Waals surface area contributed by atoms with Gasteiger partial charge in [-0.3, -0.25) is 4.79 Å². The minimum atomic E-state index is -0.209. The maximum Gasteiger partial charge on any atom is 0.258 e. The third kappa shape index (κ3) is 2.31. The maximum absolute atomic E-state index is 11.7. The first-order chi connectivity index (χ1) is 10.1. The van der Waals surface area contributed by atoms with Gasteiger partial charge in [0.1, 0.15) is 6.33 Å². The highest BCUT2D eigenvalue weighted by atomic mass is 16.1. The van der Waals surface area contributed by atoms with Crippen molar-refractivity contribution in [2.45, 2.75) is 13.0 Å². The summed E-state index contributed by atoms with van der Waals surface area (Å²) >= 11 is 0. The first-order valence-corrected chi connectivity index (χ1v) is 6.43. The monoisotopic (exact) mass is 285 g/mol. The van der Waals surface area contributed by atoms with E-state index in [1.807, 2.05) is 18.5 Å². The lowest BCUT2D eigenvalue weighted by molar-refractivity contribution is 0.720. The second-order valence-corrected chi connectivity index (χ2v) is 4.85. The second kappa shape index (κ2) is 4.89. The van der Waals surface area contributed by atoms with E-state index in [1.165, 1.54) is 6.33 Å². The van der Waals surface area contributed by atoms with Crippen molar-refractivity contribution in [2.75, 3.05) is 11.1 Å². The predicted octanol–water partition coefficient (Wildman–Crippen LogP) is 0.807. The largest absolute Gasteiger partial charge is 0.397 e. The molecule has 1 unspecified atom stereocenters. The van der Waals surface area contributed by atoms with Crippen LogP contribution < -0.4 is 16.6 Å². The Balaban J connectivity index is 1.99. The number of nitrogens with one attached hydrogen (secondary N) is 2. The number of benzene rings is 1. The molecule has 0 aliphatic rings. The van der Waals surface area contributed by atoms with Crippen LogP contribution in [0.4, 0.5) is 11.4 Å². The number of aryl methyl sites for hydroxylation is 1. The molecule has 0 aliphatic carbocycles. The lowest BCUT2D eigenvalue weighted by Crippen LogP contribution is -2.14. The zero-order valence-corrected chi connectivity index (χ0v) is 11.7. The fourth-order valence-corrected chi connectivity index (χ4v) is 2.24. The fraction of sp³-hybridized carbons (Fsp3) is 0.231. The molecule has 1 aromatic carbocycles. The van der Waals surface area contributed by atoms with Crippen LogP contribution >= 0.6 is 0 Å². The SMILES string of the molecule is CC(Nc1cc2nc[nH]c(=O)c2cc1N)c1nncn1C. The van der Waals surface area contributed by atoms with Crippen molar-refractivity contribution < 1.29 is 0 Å². The summed E-state index contributed by atoms with van der Waals surface area (Å²) in [5.74, 6) is 0.786. The zero-order chi connectivity index (χ0) is 15.0. The highest BCUT2D eigenvalue weighted by Crippen LogP contribution is 2.26. The standard InChI is InChI=1S/C13H15N7O/c1-7(12-19-17-6-20(12)2)18-11-4-10-8(3-9(11)14)13(21)16-5-15-10/h3-7,18H,14H2,1-2H3,(H,15,16,21). The van der Waals surface area contributed by atoms with Crippen LogP contribution in [-0.4, -0.2) is 24.7 Å². The fourth-order valence-electron chi connectivity index (χ4n) is 2.24. The van der Waals surface area contributed by atoms with Gasteiger partial charge in [0.2, 0.25) is 0 Å². The summed E-state index contributed by atoms with van der Waals surface area (Å²) in [6.45, 7) is 1.96. The molecule has 0 radical (unpaired) electrons. The average molecular weight is 285 g/mol. The molecule has 0 spiro atoms. The van der Waals surface area contributed by atoms with Crippen LogP contribution in [0.3, 0.4) is 0 Å². The molecule has 8 nitrogen and oxygen atoms in total. The van der Waals surface area contributed by atoms with Crippen molar-refractivity contribution in [2.24, 2.45) is 7.05 Å². The van der Waals surface area contributed by atoms with Crippen LogP contribution in [0, 0.1) is 0 Å². The van der Waals surface area contributed by atoms with Gasteiger partial charge in [0, 0.05) is 7.05 Å². The third-order valence-electron chi connectivity index (χ3n) is 3.32. The molecule has 2 aromatic heterocycles. The molecule has 3 aromatic rings. The number of rotatable bonds is 3. The van der Waals surface area contributed by atoms with E-state index >= 15 is 0 Å². The summed E-state index contributed by atoms with van der Waals surface area (Å²) in [7, 11) is 1.87. The molecule has 1 atom stereocenters. The number of nitrogens with two attached hydrogens (primary N) is 1. The summed E-state index contributed by atoms with van der Waals surface area (Å²) < 4.78 is 1.83. The predicted molar refractivity (Wildman–Crippen MR) is 79.8 cm³/mol. The van der Waals surface area contributed by atoms with Gasteiger partial charge in [0.25, 0.3) is 5.56 Å². The third-order valence-corrected chi connectivity index (χ3v) is 3.32. The molecular formula is C13H15N7O. The van der Waals surface area contributed by atoms with Gasteiger partial charge in [-0.1, -0.05) is 0 Å². The molecule has 3 rings (SSSR count).